The molecule has 1 unspecified atom stereocenters. The van der Waals surface area contributed by atoms with E-state index in [9.17, 15) is 8.42 Å². The SMILES string of the molecule is Cc1ccc(S(=O)(=O)N2O[C@@H]2/C=C/c2ccccc2)cc1. The molecule has 0 amide bonds. The van der Waals surface area contributed by atoms with Crippen LogP contribution < -0.4 is 0 Å². The first-order valence-corrected chi connectivity index (χ1v) is 8.02. The number of hydroxylamine groups is 1. The molecule has 1 heterocycles. The number of sulfonamides is 1. The summed E-state index contributed by atoms with van der Waals surface area (Å²) < 4.78 is 25.6. The molecule has 0 bridgehead atoms. The van der Waals surface area contributed by atoms with Gasteiger partial charge in [0.2, 0.25) is 0 Å². The highest BCUT2D eigenvalue weighted by Gasteiger charge is 2.45. The lowest BCUT2D eigenvalue weighted by Crippen LogP contribution is -2.13. The lowest BCUT2D eigenvalue weighted by molar-refractivity contribution is 0.288. The van der Waals surface area contributed by atoms with E-state index in [1.165, 1.54) is 0 Å². The molecule has 21 heavy (non-hydrogen) atoms. The fraction of sp³-hybridized carbons (Fsp3) is 0.125. The van der Waals surface area contributed by atoms with E-state index in [0.717, 1.165) is 15.6 Å². The van der Waals surface area contributed by atoms with Crippen LogP contribution >= 0.6 is 0 Å². The predicted molar refractivity (Wildman–Crippen MR) is 80.6 cm³/mol. The molecule has 0 radical (unpaired) electrons. The van der Waals surface area contributed by atoms with Crippen LogP contribution in [0.5, 0.6) is 0 Å². The number of benzene rings is 2. The highest BCUT2D eigenvalue weighted by Crippen LogP contribution is 2.31. The Morgan fingerprint density at radius 1 is 1.05 bits per heavy atom. The summed E-state index contributed by atoms with van der Waals surface area (Å²) in [6.07, 6.45) is 3.03. The number of hydrogen-bond acceptors (Lipinski definition) is 3. The normalized spacial score (nSPS) is 21.6. The Labute approximate surface area is 124 Å². The van der Waals surface area contributed by atoms with Crippen molar-refractivity contribution in [2.24, 2.45) is 0 Å². The van der Waals surface area contributed by atoms with Gasteiger partial charge in [0.1, 0.15) is 0 Å². The van der Waals surface area contributed by atoms with Crippen molar-refractivity contribution in [3.63, 3.8) is 0 Å². The molecule has 4 nitrogen and oxygen atoms in total. The van der Waals surface area contributed by atoms with Crippen molar-refractivity contribution in [1.82, 2.24) is 4.47 Å². The lowest BCUT2D eigenvalue weighted by atomic mass is 10.2. The fourth-order valence-electron chi connectivity index (χ4n) is 1.95. The Balaban J connectivity index is 1.72. The molecule has 1 fully saturated rings. The zero-order valence-electron chi connectivity index (χ0n) is 11.5. The molecule has 0 aromatic heterocycles. The predicted octanol–water partition coefficient (Wildman–Crippen LogP) is 2.97. The minimum atomic E-state index is -3.58. The summed E-state index contributed by atoms with van der Waals surface area (Å²) in [5.41, 5.74) is 2.02. The summed E-state index contributed by atoms with van der Waals surface area (Å²) >= 11 is 0. The van der Waals surface area contributed by atoms with E-state index in [1.807, 2.05) is 43.3 Å². The van der Waals surface area contributed by atoms with Crippen LogP contribution in [0.15, 0.2) is 65.6 Å². The van der Waals surface area contributed by atoms with E-state index in [2.05, 4.69) is 0 Å². The third kappa shape index (κ3) is 3.05. The molecule has 1 aliphatic heterocycles. The molecule has 0 spiro atoms. The summed E-state index contributed by atoms with van der Waals surface area (Å²) in [4.78, 5) is 5.39. The van der Waals surface area contributed by atoms with Crippen molar-refractivity contribution < 1.29 is 13.3 Å². The smallest absolute Gasteiger partial charge is 0.254 e. The van der Waals surface area contributed by atoms with Crippen LogP contribution in [0.3, 0.4) is 0 Å². The van der Waals surface area contributed by atoms with Crippen molar-refractivity contribution in [3.05, 3.63) is 71.8 Å². The van der Waals surface area contributed by atoms with E-state index in [4.69, 9.17) is 4.84 Å². The third-order valence-electron chi connectivity index (χ3n) is 3.18. The van der Waals surface area contributed by atoms with Crippen LogP contribution in [0.25, 0.3) is 6.08 Å². The van der Waals surface area contributed by atoms with Crippen LogP contribution in [0.2, 0.25) is 0 Å². The van der Waals surface area contributed by atoms with Gasteiger partial charge < -0.3 is 0 Å². The highest BCUT2D eigenvalue weighted by molar-refractivity contribution is 7.89. The van der Waals surface area contributed by atoms with Crippen LogP contribution in [0.1, 0.15) is 11.1 Å². The highest BCUT2D eigenvalue weighted by atomic mass is 32.2. The third-order valence-corrected chi connectivity index (χ3v) is 4.82. The van der Waals surface area contributed by atoms with Gasteiger partial charge in [0.25, 0.3) is 10.0 Å². The Bertz CT molecular complexity index is 752. The molecule has 1 saturated heterocycles. The molecular formula is C16H15NO3S. The number of hydrogen-bond donors (Lipinski definition) is 0. The second kappa shape index (κ2) is 5.44. The first-order valence-electron chi connectivity index (χ1n) is 6.58. The van der Waals surface area contributed by atoms with Gasteiger partial charge in [-0.25, -0.2) is 8.42 Å². The Morgan fingerprint density at radius 2 is 1.71 bits per heavy atom. The average Bonchev–Trinajstić information content (AvgIpc) is 3.27. The Morgan fingerprint density at radius 3 is 2.38 bits per heavy atom. The first kappa shape index (κ1) is 14.0. The largest absolute Gasteiger partial charge is 0.267 e. The maximum absolute atomic E-state index is 12.3. The molecule has 2 aromatic carbocycles. The topological polar surface area (TPSA) is 49.7 Å². The van der Waals surface area contributed by atoms with E-state index >= 15 is 0 Å². The summed E-state index contributed by atoms with van der Waals surface area (Å²) in [6.45, 7) is 1.91. The average molecular weight is 301 g/mol. The van der Waals surface area contributed by atoms with Gasteiger partial charge in [-0.3, -0.25) is 4.84 Å². The number of aryl methyl sites for hydroxylation is 1. The summed E-state index contributed by atoms with van der Waals surface area (Å²) in [5, 5.41) is 0. The molecule has 0 N–H and O–H groups in total. The molecule has 0 saturated carbocycles. The molecule has 5 heteroatoms. The van der Waals surface area contributed by atoms with Crippen LogP contribution in [0.4, 0.5) is 0 Å². The minimum absolute atomic E-state index is 0.240. The Kier molecular flexibility index (Phi) is 3.63. The number of rotatable bonds is 4. The van der Waals surface area contributed by atoms with E-state index < -0.39 is 16.3 Å². The first-order chi connectivity index (χ1) is 10.1. The van der Waals surface area contributed by atoms with Crippen LogP contribution in [0, 0.1) is 6.92 Å². The van der Waals surface area contributed by atoms with Crippen LogP contribution in [-0.2, 0) is 14.9 Å². The van der Waals surface area contributed by atoms with Gasteiger partial charge in [-0.2, -0.15) is 0 Å². The van der Waals surface area contributed by atoms with Gasteiger partial charge in [0, 0.05) is 0 Å². The van der Waals surface area contributed by atoms with Crippen molar-refractivity contribution in [2.45, 2.75) is 18.0 Å². The molecule has 2 aromatic rings. The second-order valence-corrected chi connectivity index (χ2v) is 6.62. The standard InChI is InChI=1S/C16H15NO3S/c1-13-7-10-15(11-8-13)21(18,19)17-16(20-17)12-9-14-5-3-2-4-6-14/h2-12,16H,1H3/b12-9+/t16-,17?/m1/s1. The van der Waals surface area contributed by atoms with E-state index in [1.54, 1.807) is 30.3 Å². The zero-order chi connectivity index (χ0) is 14.9. The maximum Gasteiger partial charge on any atom is 0.267 e. The summed E-state index contributed by atoms with van der Waals surface area (Å²) in [5.74, 6) is 0. The van der Waals surface area contributed by atoms with E-state index in [-0.39, 0.29) is 4.90 Å². The van der Waals surface area contributed by atoms with Gasteiger partial charge in [-0.1, -0.05) is 54.1 Å². The molecule has 2 atom stereocenters. The number of nitrogens with zero attached hydrogens (tertiary/aromatic N) is 1. The quantitative estimate of drug-likeness (QED) is 0.816. The monoisotopic (exact) mass is 301 g/mol. The zero-order valence-corrected chi connectivity index (χ0v) is 12.3. The molecule has 3 rings (SSSR count). The van der Waals surface area contributed by atoms with E-state index in [0.29, 0.717) is 0 Å². The van der Waals surface area contributed by atoms with Crippen molar-refractivity contribution in [1.29, 1.82) is 0 Å². The summed E-state index contributed by atoms with van der Waals surface area (Å²) in [6, 6.07) is 16.4. The second-order valence-electron chi connectivity index (χ2n) is 4.84. The maximum atomic E-state index is 12.3. The summed E-state index contributed by atoms with van der Waals surface area (Å²) in [7, 11) is -3.58. The van der Waals surface area contributed by atoms with Crippen LogP contribution in [-0.4, -0.2) is 19.1 Å². The van der Waals surface area contributed by atoms with Gasteiger partial charge in [-0.15, -0.1) is 0 Å². The lowest BCUT2D eigenvalue weighted by Gasteiger charge is -2.01. The van der Waals surface area contributed by atoms with Crippen molar-refractivity contribution in [3.8, 4) is 0 Å². The Hall–Kier alpha value is -1.95. The van der Waals surface area contributed by atoms with Crippen molar-refractivity contribution >= 4 is 16.1 Å². The minimum Gasteiger partial charge on any atom is -0.254 e. The molecule has 0 aliphatic carbocycles. The van der Waals surface area contributed by atoms with Gasteiger partial charge in [0.05, 0.1) is 4.90 Å². The molecule has 1 aliphatic rings. The van der Waals surface area contributed by atoms with Gasteiger partial charge in [0.15, 0.2) is 6.23 Å². The van der Waals surface area contributed by atoms with Crippen molar-refractivity contribution in [2.75, 3.05) is 0 Å². The molecular weight excluding hydrogens is 286 g/mol. The fourth-order valence-corrected chi connectivity index (χ4v) is 3.18. The van der Waals surface area contributed by atoms with Gasteiger partial charge in [-0.05, 0) is 35.2 Å². The van der Waals surface area contributed by atoms with Gasteiger partial charge >= 0.3 is 0 Å². The molecule has 108 valence electrons.